The Balaban J connectivity index is 1.26. The van der Waals surface area contributed by atoms with Gasteiger partial charge in [0.25, 0.3) is 0 Å². The van der Waals surface area contributed by atoms with Crippen molar-refractivity contribution in [2.75, 3.05) is 45.2 Å². The van der Waals surface area contributed by atoms with Gasteiger partial charge in [-0.1, -0.05) is 54.9 Å². The Morgan fingerprint density at radius 2 is 1.78 bits per heavy atom. The summed E-state index contributed by atoms with van der Waals surface area (Å²) in [5.41, 5.74) is 3.92. The van der Waals surface area contributed by atoms with Crippen LogP contribution >= 0.6 is 11.6 Å². The molecule has 1 saturated heterocycles. The highest BCUT2D eigenvalue weighted by atomic mass is 35.5. The Morgan fingerprint density at radius 1 is 1.04 bits per heavy atom. The van der Waals surface area contributed by atoms with E-state index in [1.54, 1.807) is 0 Å². The predicted molar refractivity (Wildman–Crippen MR) is 180 cm³/mol. The van der Waals surface area contributed by atoms with Gasteiger partial charge in [0.1, 0.15) is 17.9 Å². The first-order chi connectivity index (χ1) is 21.8. The van der Waals surface area contributed by atoms with Crippen LogP contribution in [0.2, 0.25) is 5.02 Å². The summed E-state index contributed by atoms with van der Waals surface area (Å²) >= 11 is 6.42. The molecule has 3 aromatic carbocycles. The lowest BCUT2D eigenvalue weighted by molar-refractivity contribution is -0.121. The zero-order chi connectivity index (χ0) is 31.5. The molecule has 1 fully saturated rings. The number of aromatic nitrogens is 1. The molecule has 45 heavy (non-hydrogen) atoms. The number of piperidine rings is 1. The van der Waals surface area contributed by atoms with Crippen LogP contribution in [-0.2, 0) is 11.2 Å². The van der Waals surface area contributed by atoms with Gasteiger partial charge in [0, 0.05) is 72.7 Å². The van der Waals surface area contributed by atoms with Crippen LogP contribution in [0.4, 0.5) is 10.5 Å². The molecule has 2 aliphatic rings. The highest BCUT2D eigenvalue weighted by Crippen LogP contribution is 2.35. The molecule has 3 heterocycles. The fraction of sp³-hybridized carbons (Fsp3) is 0.389. The molecule has 236 valence electrons. The van der Waals surface area contributed by atoms with Gasteiger partial charge in [0.05, 0.1) is 0 Å². The molecular formula is C36H42ClN5O3. The van der Waals surface area contributed by atoms with Gasteiger partial charge >= 0.3 is 6.03 Å². The number of nitrogens with one attached hydrogen (secondary N) is 2. The van der Waals surface area contributed by atoms with Crippen LogP contribution in [0.3, 0.4) is 0 Å². The van der Waals surface area contributed by atoms with E-state index in [2.05, 4.69) is 35.4 Å². The third-order valence-electron chi connectivity index (χ3n) is 9.10. The summed E-state index contributed by atoms with van der Waals surface area (Å²) < 4.78 is 6.15. The van der Waals surface area contributed by atoms with Crippen LogP contribution in [0.5, 0.6) is 5.75 Å². The maximum absolute atomic E-state index is 14.7. The van der Waals surface area contributed by atoms with Gasteiger partial charge in [-0.15, -0.1) is 0 Å². The smallest absolute Gasteiger partial charge is 0.318 e. The number of carbonyl (C=O) groups excluding carboxylic acids is 2. The molecule has 6 rings (SSSR count). The zero-order valence-corrected chi connectivity index (χ0v) is 27.0. The van der Waals surface area contributed by atoms with Crippen molar-refractivity contribution >= 4 is 40.1 Å². The monoisotopic (exact) mass is 627 g/mol. The summed E-state index contributed by atoms with van der Waals surface area (Å²) in [5, 5.41) is 4.91. The van der Waals surface area contributed by atoms with E-state index in [1.165, 1.54) is 0 Å². The molecule has 4 aromatic rings. The average molecular weight is 628 g/mol. The van der Waals surface area contributed by atoms with Crippen LogP contribution in [-0.4, -0.2) is 79.1 Å². The summed E-state index contributed by atoms with van der Waals surface area (Å²) in [6.45, 7) is 4.55. The molecule has 8 nitrogen and oxygen atoms in total. The number of nitrogens with zero attached hydrogens (tertiary/aromatic N) is 3. The van der Waals surface area contributed by atoms with E-state index < -0.39 is 6.04 Å². The maximum Gasteiger partial charge on any atom is 0.318 e. The van der Waals surface area contributed by atoms with Gasteiger partial charge in [-0.05, 0) is 74.0 Å². The van der Waals surface area contributed by atoms with E-state index >= 15 is 0 Å². The molecule has 0 spiro atoms. The topological polar surface area (TPSA) is 80.9 Å². The Morgan fingerprint density at radius 3 is 2.53 bits per heavy atom. The first kappa shape index (κ1) is 31.0. The van der Waals surface area contributed by atoms with E-state index in [0.29, 0.717) is 24.7 Å². The van der Waals surface area contributed by atoms with E-state index in [-0.39, 0.29) is 29.9 Å². The van der Waals surface area contributed by atoms with E-state index in [1.807, 2.05) is 89.7 Å². The van der Waals surface area contributed by atoms with Crippen molar-refractivity contribution in [2.45, 2.75) is 44.2 Å². The molecule has 0 aliphatic carbocycles. The maximum atomic E-state index is 14.7. The first-order valence-corrected chi connectivity index (χ1v) is 16.2. The van der Waals surface area contributed by atoms with Gasteiger partial charge in [0.2, 0.25) is 5.91 Å². The second-order valence-electron chi connectivity index (χ2n) is 12.7. The highest BCUT2D eigenvalue weighted by Gasteiger charge is 2.38. The second-order valence-corrected chi connectivity index (χ2v) is 13.1. The Hall–Kier alpha value is -4.01. The second kappa shape index (κ2) is 13.5. The molecule has 3 amide bonds. The summed E-state index contributed by atoms with van der Waals surface area (Å²) in [7, 11) is 4.10. The molecule has 2 unspecified atom stereocenters. The Kier molecular flexibility index (Phi) is 9.33. The Bertz CT molecular complexity index is 1630. The molecule has 0 radical (unpaired) electrons. The Labute approximate surface area is 270 Å². The quantitative estimate of drug-likeness (QED) is 0.240. The van der Waals surface area contributed by atoms with E-state index in [0.717, 1.165) is 59.3 Å². The number of rotatable bonds is 8. The van der Waals surface area contributed by atoms with Gasteiger partial charge in [-0.25, -0.2) is 4.79 Å². The number of fused-ring (bicyclic) bond motifs is 2. The van der Waals surface area contributed by atoms with Gasteiger partial charge in [0.15, 0.2) is 0 Å². The number of para-hydroxylation sites is 2. The number of hydrogen-bond acceptors (Lipinski definition) is 4. The molecule has 0 bridgehead atoms. The lowest BCUT2D eigenvalue weighted by atomic mass is 9.88. The van der Waals surface area contributed by atoms with Crippen LogP contribution in [0, 0.1) is 5.92 Å². The number of hydrogen-bond donors (Lipinski definition) is 2. The summed E-state index contributed by atoms with van der Waals surface area (Å²) in [6, 6.07) is 22.6. The zero-order valence-electron chi connectivity index (χ0n) is 26.2. The molecule has 3 atom stereocenters. The predicted octanol–water partition coefficient (Wildman–Crippen LogP) is 6.31. The fourth-order valence-electron chi connectivity index (χ4n) is 6.87. The number of urea groups is 1. The van der Waals surface area contributed by atoms with Crippen molar-refractivity contribution in [2.24, 2.45) is 5.92 Å². The van der Waals surface area contributed by atoms with Gasteiger partial charge in [-0.2, -0.15) is 0 Å². The number of aromatic amines is 1. The van der Waals surface area contributed by atoms with Crippen molar-refractivity contribution < 1.29 is 14.3 Å². The SMILES string of the molecule is CC(c1c[nH]c2ccccc12)C(NC(=O)N1CCC(Oc2ccccc2)CC1)C(=O)N1C[C@H](CN(C)C)Cc2cc(Cl)ccc21. The average Bonchev–Trinajstić information content (AvgIpc) is 3.47. The first-order valence-electron chi connectivity index (χ1n) is 15.8. The molecule has 9 heteroatoms. The van der Waals surface area contributed by atoms with Crippen LogP contribution in [0.15, 0.2) is 79.0 Å². The van der Waals surface area contributed by atoms with Crippen LogP contribution < -0.4 is 15.0 Å². The van der Waals surface area contributed by atoms with Crippen molar-refractivity contribution in [3.05, 3.63) is 95.1 Å². The van der Waals surface area contributed by atoms with Gasteiger partial charge in [-0.3, -0.25) is 4.79 Å². The summed E-state index contributed by atoms with van der Waals surface area (Å²) in [4.78, 5) is 37.8. The highest BCUT2D eigenvalue weighted by molar-refractivity contribution is 6.30. The minimum Gasteiger partial charge on any atom is -0.490 e. The van der Waals surface area contributed by atoms with Crippen LogP contribution in [0.1, 0.15) is 36.8 Å². The largest absolute Gasteiger partial charge is 0.490 e. The minimum atomic E-state index is -0.781. The van der Waals surface area contributed by atoms with Crippen LogP contribution in [0.25, 0.3) is 10.9 Å². The number of likely N-dealkylation sites (tertiary alicyclic amines) is 1. The lowest BCUT2D eigenvalue weighted by Crippen LogP contribution is -2.57. The third-order valence-corrected chi connectivity index (χ3v) is 9.34. The lowest BCUT2D eigenvalue weighted by Gasteiger charge is -2.39. The molecular weight excluding hydrogens is 586 g/mol. The summed E-state index contributed by atoms with van der Waals surface area (Å²) in [5.74, 6) is 0.671. The number of benzene rings is 3. The number of H-pyrrole nitrogens is 1. The third kappa shape index (κ3) is 6.97. The number of anilines is 1. The number of carbonyl (C=O) groups is 2. The van der Waals surface area contributed by atoms with E-state index in [9.17, 15) is 9.59 Å². The standard InChI is InChI=1S/C36H42ClN5O3/c1-24(31-21-38-32-12-8-7-11-30(31)32)34(39-36(44)41-17-15-29(16-18-41)45-28-9-5-4-6-10-28)35(43)42-23-25(22-40(2)3)19-26-20-27(37)13-14-33(26)42/h4-14,20-21,24-25,29,34,38H,15-19,22-23H2,1-3H3,(H,39,44)/t24?,25-,34?/m0/s1. The number of halogens is 1. The molecule has 2 aliphatic heterocycles. The number of ether oxygens (including phenoxy) is 1. The molecule has 0 saturated carbocycles. The van der Waals surface area contributed by atoms with Crippen molar-refractivity contribution in [3.63, 3.8) is 0 Å². The number of amides is 3. The van der Waals surface area contributed by atoms with Gasteiger partial charge < -0.3 is 29.7 Å². The molecule has 1 aromatic heterocycles. The minimum absolute atomic E-state index is 0.0457. The normalized spacial score (nSPS) is 18.5. The van der Waals surface area contributed by atoms with Crippen molar-refractivity contribution in [1.82, 2.24) is 20.1 Å². The molecule has 2 N–H and O–H groups in total. The summed E-state index contributed by atoms with van der Waals surface area (Å²) in [6.07, 6.45) is 4.31. The fourth-order valence-corrected chi connectivity index (χ4v) is 7.07. The van der Waals surface area contributed by atoms with E-state index in [4.69, 9.17) is 16.3 Å². The van der Waals surface area contributed by atoms with Crippen molar-refractivity contribution in [3.8, 4) is 5.75 Å². The van der Waals surface area contributed by atoms with Crippen molar-refractivity contribution in [1.29, 1.82) is 0 Å².